The predicted molar refractivity (Wildman–Crippen MR) is 78.9 cm³/mol. The lowest BCUT2D eigenvalue weighted by Crippen LogP contribution is -2.71. The van der Waals surface area contributed by atoms with Crippen molar-refractivity contribution in [3.63, 3.8) is 0 Å². The molecule has 6 heteroatoms. The van der Waals surface area contributed by atoms with Crippen LogP contribution in [0.2, 0.25) is 0 Å². The number of carbonyl (C=O) groups excluding carboxylic acids is 2. The third kappa shape index (κ3) is 2.56. The molecular formula is C13H17BrN2O2S. The Morgan fingerprint density at radius 2 is 1.95 bits per heavy atom. The van der Waals surface area contributed by atoms with Gasteiger partial charge in [0, 0.05) is 14.7 Å². The molecule has 0 atom stereocenters. The number of piperazine rings is 1. The van der Waals surface area contributed by atoms with Crippen LogP contribution in [0.5, 0.6) is 0 Å². The number of nitrogens with zero attached hydrogens (tertiary/aromatic N) is 1. The van der Waals surface area contributed by atoms with Crippen LogP contribution in [0, 0.1) is 0 Å². The molecule has 0 unspecified atom stereocenters. The van der Waals surface area contributed by atoms with Gasteiger partial charge in [-0.05, 0) is 49.7 Å². The van der Waals surface area contributed by atoms with E-state index in [9.17, 15) is 9.59 Å². The first-order valence-electron chi connectivity index (χ1n) is 6.02. The van der Waals surface area contributed by atoms with Gasteiger partial charge in [0.25, 0.3) is 0 Å². The SMILES string of the molecule is CC1(C)NC(=O)C(C)(C)N(Cc2cc(Br)cs2)C1=O. The van der Waals surface area contributed by atoms with Crippen molar-refractivity contribution in [1.82, 2.24) is 10.2 Å². The van der Waals surface area contributed by atoms with Crippen molar-refractivity contribution in [2.45, 2.75) is 45.3 Å². The number of amides is 2. The van der Waals surface area contributed by atoms with E-state index in [1.165, 1.54) is 0 Å². The quantitative estimate of drug-likeness (QED) is 0.896. The largest absolute Gasteiger partial charge is 0.340 e. The highest BCUT2D eigenvalue weighted by atomic mass is 79.9. The Labute approximate surface area is 125 Å². The standard InChI is InChI=1S/C13H17BrN2O2S/c1-12(2)11(18)16(13(3,4)10(17)15-12)6-9-5-8(14)7-19-9/h5,7H,6H2,1-4H3,(H,15,17). The zero-order valence-electron chi connectivity index (χ0n) is 11.4. The fraction of sp³-hybridized carbons (Fsp3) is 0.538. The lowest BCUT2D eigenvalue weighted by atomic mass is 9.89. The molecular weight excluding hydrogens is 328 g/mol. The number of rotatable bonds is 2. The lowest BCUT2D eigenvalue weighted by molar-refractivity contribution is -0.160. The lowest BCUT2D eigenvalue weighted by Gasteiger charge is -2.47. The highest BCUT2D eigenvalue weighted by molar-refractivity contribution is 9.10. The van der Waals surface area contributed by atoms with Crippen molar-refractivity contribution in [3.8, 4) is 0 Å². The summed E-state index contributed by atoms with van der Waals surface area (Å²) in [5, 5.41) is 4.75. The zero-order valence-corrected chi connectivity index (χ0v) is 13.8. The topological polar surface area (TPSA) is 49.4 Å². The maximum atomic E-state index is 12.5. The van der Waals surface area contributed by atoms with E-state index in [-0.39, 0.29) is 11.8 Å². The molecule has 1 aromatic rings. The van der Waals surface area contributed by atoms with Crippen molar-refractivity contribution >= 4 is 39.1 Å². The van der Waals surface area contributed by atoms with Gasteiger partial charge in [0.2, 0.25) is 11.8 Å². The first-order chi connectivity index (χ1) is 8.64. The zero-order chi connectivity index (χ0) is 14.4. The molecule has 0 aromatic carbocycles. The minimum atomic E-state index is -0.846. The van der Waals surface area contributed by atoms with E-state index < -0.39 is 11.1 Å². The fourth-order valence-corrected chi connectivity index (χ4v) is 3.50. The third-order valence-corrected chi connectivity index (χ3v) is 5.05. The molecule has 4 nitrogen and oxygen atoms in total. The Morgan fingerprint density at radius 3 is 2.47 bits per heavy atom. The molecule has 19 heavy (non-hydrogen) atoms. The third-order valence-electron chi connectivity index (χ3n) is 3.37. The van der Waals surface area contributed by atoms with E-state index in [1.807, 2.05) is 11.4 Å². The Balaban J connectivity index is 2.33. The van der Waals surface area contributed by atoms with Gasteiger partial charge in [-0.1, -0.05) is 0 Å². The van der Waals surface area contributed by atoms with Crippen LogP contribution in [0.25, 0.3) is 0 Å². The van der Waals surface area contributed by atoms with E-state index >= 15 is 0 Å². The van der Waals surface area contributed by atoms with Crippen LogP contribution in [-0.4, -0.2) is 27.8 Å². The number of hydrogen-bond donors (Lipinski definition) is 1. The van der Waals surface area contributed by atoms with Crippen molar-refractivity contribution in [2.75, 3.05) is 0 Å². The Bertz CT molecular complexity index is 537. The molecule has 1 fully saturated rings. The van der Waals surface area contributed by atoms with Crippen LogP contribution in [0.1, 0.15) is 32.6 Å². The number of nitrogens with one attached hydrogen (secondary N) is 1. The van der Waals surface area contributed by atoms with Crippen molar-refractivity contribution in [3.05, 3.63) is 20.8 Å². The maximum absolute atomic E-state index is 12.5. The van der Waals surface area contributed by atoms with Gasteiger partial charge in [0.05, 0.1) is 6.54 Å². The second kappa shape index (κ2) is 4.59. The second-order valence-electron chi connectivity index (χ2n) is 5.76. The summed E-state index contributed by atoms with van der Waals surface area (Å²) in [5.41, 5.74) is -1.68. The molecule has 104 valence electrons. The predicted octanol–water partition coefficient (Wildman–Crippen LogP) is 2.53. The summed E-state index contributed by atoms with van der Waals surface area (Å²) in [5.74, 6) is -0.172. The molecule has 2 rings (SSSR count). The molecule has 2 amide bonds. The molecule has 2 heterocycles. The first-order valence-corrected chi connectivity index (χ1v) is 7.69. The maximum Gasteiger partial charge on any atom is 0.248 e. The minimum Gasteiger partial charge on any atom is -0.340 e. The van der Waals surface area contributed by atoms with Gasteiger partial charge in [0.1, 0.15) is 11.1 Å². The summed E-state index contributed by atoms with van der Waals surface area (Å²) >= 11 is 4.98. The average Bonchev–Trinajstić information content (AvgIpc) is 2.68. The molecule has 1 aromatic heterocycles. The van der Waals surface area contributed by atoms with E-state index in [0.717, 1.165) is 9.35 Å². The van der Waals surface area contributed by atoms with Gasteiger partial charge in [-0.2, -0.15) is 0 Å². The Morgan fingerprint density at radius 1 is 1.32 bits per heavy atom. The number of hydrogen-bond acceptors (Lipinski definition) is 3. The van der Waals surface area contributed by atoms with Gasteiger partial charge in [-0.15, -0.1) is 11.3 Å². The van der Waals surface area contributed by atoms with Crippen LogP contribution >= 0.6 is 27.3 Å². The Hall–Kier alpha value is -0.880. The summed E-state index contributed by atoms with van der Waals surface area (Å²) in [7, 11) is 0. The molecule has 0 radical (unpaired) electrons. The summed E-state index contributed by atoms with van der Waals surface area (Å²) in [6, 6.07) is 1.98. The fourth-order valence-electron chi connectivity index (χ4n) is 2.07. The van der Waals surface area contributed by atoms with E-state index in [0.29, 0.717) is 6.54 Å². The Kier molecular flexibility index (Phi) is 3.51. The van der Waals surface area contributed by atoms with Gasteiger partial charge in [0.15, 0.2) is 0 Å². The monoisotopic (exact) mass is 344 g/mol. The molecule has 0 bridgehead atoms. The smallest absolute Gasteiger partial charge is 0.248 e. The van der Waals surface area contributed by atoms with Crippen LogP contribution in [0.15, 0.2) is 15.9 Å². The first kappa shape index (κ1) is 14.5. The van der Waals surface area contributed by atoms with E-state index in [2.05, 4.69) is 21.2 Å². The second-order valence-corrected chi connectivity index (χ2v) is 7.67. The molecule has 0 aliphatic carbocycles. The summed E-state index contributed by atoms with van der Waals surface area (Å²) in [4.78, 5) is 27.4. The van der Waals surface area contributed by atoms with Gasteiger partial charge in [-0.3, -0.25) is 9.59 Å². The summed E-state index contributed by atoms with van der Waals surface area (Å²) < 4.78 is 0.999. The van der Waals surface area contributed by atoms with Gasteiger partial charge >= 0.3 is 0 Å². The van der Waals surface area contributed by atoms with Crippen LogP contribution in [0.4, 0.5) is 0 Å². The normalized spacial score (nSPS) is 21.4. The number of carbonyl (C=O) groups is 2. The number of thiophene rings is 1. The van der Waals surface area contributed by atoms with E-state index in [1.54, 1.807) is 43.9 Å². The van der Waals surface area contributed by atoms with Crippen molar-refractivity contribution in [2.24, 2.45) is 0 Å². The minimum absolute atomic E-state index is 0.0541. The summed E-state index contributed by atoms with van der Waals surface area (Å²) in [6.07, 6.45) is 0. The van der Waals surface area contributed by atoms with Crippen molar-refractivity contribution < 1.29 is 9.59 Å². The van der Waals surface area contributed by atoms with Crippen molar-refractivity contribution in [1.29, 1.82) is 0 Å². The van der Waals surface area contributed by atoms with E-state index in [4.69, 9.17) is 0 Å². The molecule has 1 saturated heterocycles. The number of halogens is 1. The van der Waals surface area contributed by atoms with Gasteiger partial charge in [-0.25, -0.2) is 0 Å². The molecule has 1 N–H and O–H groups in total. The highest BCUT2D eigenvalue weighted by Crippen LogP contribution is 2.30. The summed E-state index contributed by atoms with van der Waals surface area (Å²) in [6.45, 7) is 7.48. The molecule has 0 saturated carbocycles. The van der Waals surface area contributed by atoms with Crippen LogP contribution in [-0.2, 0) is 16.1 Å². The van der Waals surface area contributed by atoms with Crippen LogP contribution in [0.3, 0.4) is 0 Å². The van der Waals surface area contributed by atoms with Gasteiger partial charge < -0.3 is 10.2 Å². The molecule has 0 spiro atoms. The highest BCUT2D eigenvalue weighted by Gasteiger charge is 2.49. The van der Waals surface area contributed by atoms with Crippen LogP contribution < -0.4 is 5.32 Å². The average molecular weight is 345 g/mol. The molecule has 1 aliphatic rings. The molecule has 1 aliphatic heterocycles.